The third-order valence-corrected chi connectivity index (χ3v) is 2.61. The third-order valence-electron chi connectivity index (χ3n) is 2.61. The van der Waals surface area contributed by atoms with Gasteiger partial charge in [-0.25, -0.2) is 9.97 Å². The van der Waals surface area contributed by atoms with E-state index in [1.165, 1.54) is 0 Å². The van der Waals surface area contributed by atoms with Crippen LogP contribution in [0.25, 0.3) is 22.6 Å². The van der Waals surface area contributed by atoms with Crippen LogP contribution in [0.2, 0.25) is 0 Å². The monoisotopic (exact) mass is 236 g/mol. The van der Waals surface area contributed by atoms with E-state index in [1.807, 2.05) is 0 Å². The van der Waals surface area contributed by atoms with Gasteiger partial charge in [-0.05, 0) is 24.3 Å². The number of aromatic nitrogens is 2. The van der Waals surface area contributed by atoms with Gasteiger partial charge >= 0.3 is 0 Å². The molecule has 0 aliphatic carbocycles. The zero-order valence-electron chi connectivity index (χ0n) is 9.29. The van der Waals surface area contributed by atoms with E-state index in [9.17, 15) is 0 Å². The molecule has 3 rings (SSSR count). The minimum absolute atomic E-state index is 0.350. The number of fused-ring (bicyclic) bond motifs is 1. The zero-order valence-corrected chi connectivity index (χ0v) is 9.29. The maximum absolute atomic E-state index is 9.00. The first-order valence-electron chi connectivity index (χ1n) is 5.30. The number of benzene rings is 1. The molecule has 0 aliphatic heterocycles. The van der Waals surface area contributed by atoms with Gasteiger partial charge in [0.25, 0.3) is 0 Å². The summed E-state index contributed by atoms with van der Waals surface area (Å²) in [6, 6.07) is 10.8. The number of nitrogen functional groups attached to an aromatic ring is 1. The van der Waals surface area contributed by atoms with Crippen LogP contribution in [0.5, 0.6) is 0 Å². The Balaban J connectivity index is 2.27. The van der Waals surface area contributed by atoms with E-state index in [4.69, 9.17) is 15.4 Å². The Kier molecular flexibility index (Phi) is 2.21. The van der Waals surface area contributed by atoms with Gasteiger partial charge in [-0.2, -0.15) is 5.26 Å². The molecule has 5 heteroatoms. The van der Waals surface area contributed by atoms with Crippen LogP contribution in [0.3, 0.4) is 0 Å². The van der Waals surface area contributed by atoms with Crippen LogP contribution in [-0.4, -0.2) is 9.97 Å². The number of nitrogens with zero attached hydrogens (tertiary/aromatic N) is 3. The maximum Gasteiger partial charge on any atom is 0.231 e. The lowest BCUT2D eigenvalue weighted by molar-refractivity contribution is 0.620. The minimum atomic E-state index is 0.350. The summed E-state index contributed by atoms with van der Waals surface area (Å²) >= 11 is 0. The van der Waals surface area contributed by atoms with E-state index >= 15 is 0 Å². The predicted octanol–water partition coefficient (Wildman–Crippen LogP) is 2.34. The maximum atomic E-state index is 9.00. The molecule has 2 heterocycles. The smallest absolute Gasteiger partial charge is 0.231 e. The number of hydrogen-bond acceptors (Lipinski definition) is 5. The van der Waals surface area contributed by atoms with Gasteiger partial charge in [-0.1, -0.05) is 6.07 Å². The van der Waals surface area contributed by atoms with Gasteiger partial charge in [0, 0.05) is 6.20 Å². The van der Waals surface area contributed by atoms with Gasteiger partial charge in [0.1, 0.15) is 17.4 Å². The van der Waals surface area contributed by atoms with E-state index in [-0.39, 0.29) is 0 Å². The Hall–Kier alpha value is -2.87. The number of rotatable bonds is 1. The molecule has 0 aliphatic rings. The fourth-order valence-electron chi connectivity index (χ4n) is 1.75. The van der Waals surface area contributed by atoms with Crippen LogP contribution in [0.4, 0.5) is 5.82 Å². The van der Waals surface area contributed by atoms with Crippen molar-refractivity contribution in [2.24, 2.45) is 0 Å². The first kappa shape index (κ1) is 10.3. The van der Waals surface area contributed by atoms with Crippen molar-refractivity contribution in [3.05, 3.63) is 42.1 Å². The number of oxazole rings is 1. The van der Waals surface area contributed by atoms with Crippen LogP contribution in [0.1, 0.15) is 5.56 Å². The minimum Gasteiger partial charge on any atom is -0.436 e. The predicted molar refractivity (Wildman–Crippen MR) is 66.4 cm³/mol. The van der Waals surface area contributed by atoms with Crippen molar-refractivity contribution in [1.29, 1.82) is 5.26 Å². The largest absolute Gasteiger partial charge is 0.436 e. The topological polar surface area (TPSA) is 88.7 Å². The van der Waals surface area contributed by atoms with Gasteiger partial charge in [0.05, 0.1) is 11.1 Å². The molecule has 86 valence electrons. The molecule has 0 saturated carbocycles. The van der Waals surface area contributed by atoms with Crippen molar-refractivity contribution in [2.75, 3.05) is 5.73 Å². The highest BCUT2D eigenvalue weighted by atomic mass is 16.3. The number of pyridine rings is 1. The van der Waals surface area contributed by atoms with E-state index < -0.39 is 0 Å². The van der Waals surface area contributed by atoms with Gasteiger partial charge in [-0.3, -0.25) is 0 Å². The SMILES string of the molecule is N#Cc1cccc2oc(-c3cccnc3N)nc12. The molecule has 0 amide bonds. The molecule has 2 aromatic heterocycles. The summed E-state index contributed by atoms with van der Waals surface area (Å²) in [6.07, 6.45) is 1.60. The molecule has 0 saturated heterocycles. The quantitative estimate of drug-likeness (QED) is 0.700. The van der Waals surface area contributed by atoms with Crippen molar-refractivity contribution in [1.82, 2.24) is 9.97 Å². The summed E-state index contributed by atoms with van der Waals surface area (Å²) in [5.74, 6) is 0.723. The number of nitrogens with two attached hydrogens (primary N) is 1. The van der Waals surface area contributed by atoms with Crippen LogP contribution >= 0.6 is 0 Å². The zero-order chi connectivity index (χ0) is 12.5. The lowest BCUT2D eigenvalue weighted by Crippen LogP contribution is -1.92. The Morgan fingerprint density at radius 1 is 1.22 bits per heavy atom. The van der Waals surface area contributed by atoms with E-state index in [0.29, 0.717) is 33.9 Å². The second kappa shape index (κ2) is 3.86. The molecule has 18 heavy (non-hydrogen) atoms. The lowest BCUT2D eigenvalue weighted by atomic mass is 10.2. The molecule has 1 aromatic carbocycles. The molecule has 0 fully saturated rings. The standard InChI is InChI=1S/C13H8N4O/c14-7-8-3-1-5-10-11(8)17-13(18-10)9-4-2-6-16-12(9)15/h1-6H,(H2,15,16). The highest BCUT2D eigenvalue weighted by Gasteiger charge is 2.13. The molecule has 0 radical (unpaired) electrons. The fraction of sp³-hybridized carbons (Fsp3) is 0. The Labute approximate surface area is 103 Å². The number of nitriles is 1. The lowest BCUT2D eigenvalue weighted by Gasteiger charge is -1.97. The van der Waals surface area contributed by atoms with Crippen LogP contribution in [-0.2, 0) is 0 Å². The third kappa shape index (κ3) is 1.48. The average Bonchev–Trinajstić information content (AvgIpc) is 2.82. The summed E-state index contributed by atoms with van der Waals surface area (Å²) in [4.78, 5) is 8.29. The number of para-hydroxylation sites is 1. The molecule has 0 spiro atoms. The van der Waals surface area contributed by atoms with Crippen molar-refractivity contribution in [3.63, 3.8) is 0 Å². The number of anilines is 1. The molecular formula is C13H8N4O. The van der Waals surface area contributed by atoms with Gasteiger partial charge in [0.15, 0.2) is 5.58 Å². The van der Waals surface area contributed by atoms with Crippen molar-refractivity contribution < 1.29 is 4.42 Å². The van der Waals surface area contributed by atoms with Crippen molar-refractivity contribution >= 4 is 16.9 Å². The van der Waals surface area contributed by atoms with Crippen LogP contribution < -0.4 is 5.73 Å². The highest BCUT2D eigenvalue weighted by Crippen LogP contribution is 2.28. The normalized spacial score (nSPS) is 10.4. The van der Waals surface area contributed by atoms with Crippen LogP contribution in [0, 0.1) is 11.3 Å². The molecule has 0 bridgehead atoms. The van der Waals surface area contributed by atoms with Crippen molar-refractivity contribution in [3.8, 4) is 17.5 Å². The second-order valence-electron chi connectivity index (χ2n) is 3.72. The Bertz CT molecular complexity index is 770. The summed E-state index contributed by atoms with van der Waals surface area (Å²) < 4.78 is 5.60. The van der Waals surface area contributed by atoms with E-state index in [2.05, 4.69) is 16.0 Å². The number of hydrogen-bond donors (Lipinski definition) is 1. The first-order valence-corrected chi connectivity index (χ1v) is 5.30. The van der Waals surface area contributed by atoms with E-state index in [0.717, 1.165) is 0 Å². The summed E-state index contributed by atoms with van der Waals surface area (Å²) in [5.41, 5.74) is 7.97. The fourth-order valence-corrected chi connectivity index (χ4v) is 1.75. The molecule has 2 N–H and O–H groups in total. The van der Waals surface area contributed by atoms with Gasteiger partial charge in [-0.15, -0.1) is 0 Å². The first-order chi connectivity index (χ1) is 8.79. The van der Waals surface area contributed by atoms with E-state index in [1.54, 1.807) is 36.5 Å². The summed E-state index contributed by atoms with van der Waals surface area (Å²) in [7, 11) is 0. The Morgan fingerprint density at radius 3 is 2.89 bits per heavy atom. The van der Waals surface area contributed by atoms with Gasteiger partial charge < -0.3 is 10.2 Å². The highest BCUT2D eigenvalue weighted by molar-refractivity contribution is 5.83. The molecule has 0 unspecified atom stereocenters. The molecule has 5 nitrogen and oxygen atoms in total. The van der Waals surface area contributed by atoms with Crippen molar-refractivity contribution in [2.45, 2.75) is 0 Å². The van der Waals surface area contributed by atoms with Gasteiger partial charge in [0.2, 0.25) is 5.89 Å². The molecular weight excluding hydrogens is 228 g/mol. The summed E-state index contributed by atoms with van der Waals surface area (Å²) in [5, 5.41) is 9.00. The average molecular weight is 236 g/mol. The molecule has 0 atom stereocenters. The van der Waals surface area contributed by atoms with Crippen LogP contribution in [0.15, 0.2) is 40.9 Å². The second-order valence-corrected chi connectivity index (χ2v) is 3.72. The Morgan fingerprint density at radius 2 is 2.11 bits per heavy atom. The molecule has 3 aromatic rings. The summed E-state index contributed by atoms with van der Waals surface area (Å²) in [6.45, 7) is 0.